The van der Waals surface area contributed by atoms with Gasteiger partial charge in [0.05, 0.1) is 0 Å². The number of hydrogen-bond donors (Lipinski definition) is 1. The molecule has 1 aromatic carbocycles. The van der Waals surface area contributed by atoms with Gasteiger partial charge in [-0.05, 0) is 24.8 Å². The van der Waals surface area contributed by atoms with E-state index in [9.17, 15) is 8.42 Å². The van der Waals surface area contributed by atoms with Gasteiger partial charge in [-0.2, -0.15) is 17.0 Å². The Hall–Kier alpha value is -0.950. The first-order valence-corrected chi connectivity index (χ1v) is 8.32. The van der Waals surface area contributed by atoms with Gasteiger partial charge in [0.25, 0.3) is 10.2 Å². The maximum Gasteiger partial charge on any atom is 0.282 e. The molecule has 0 aromatic heterocycles. The zero-order valence-corrected chi connectivity index (χ0v) is 12.9. The maximum atomic E-state index is 12.5. The van der Waals surface area contributed by atoms with E-state index in [-0.39, 0.29) is 12.0 Å². The highest BCUT2D eigenvalue weighted by atomic mass is 32.2. The van der Waals surface area contributed by atoms with E-state index in [4.69, 9.17) is 5.73 Å². The van der Waals surface area contributed by atoms with E-state index in [0.29, 0.717) is 19.6 Å². The number of rotatable bonds is 5. The average molecular weight is 297 g/mol. The molecule has 1 saturated heterocycles. The molecule has 2 rings (SSSR count). The summed E-state index contributed by atoms with van der Waals surface area (Å²) in [7, 11) is -1.77. The fourth-order valence-corrected chi connectivity index (χ4v) is 3.93. The van der Waals surface area contributed by atoms with Gasteiger partial charge < -0.3 is 5.73 Å². The predicted octanol–water partition coefficient (Wildman–Crippen LogP) is 1.03. The Balaban J connectivity index is 2.03. The van der Waals surface area contributed by atoms with E-state index in [1.807, 2.05) is 37.3 Å². The van der Waals surface area contributed by atoms with Crippen LogP contribution in [0.2, 0.25) is 0 Å². The van der Waals surface area contributed by atoms with Crippen LogP contribution in [0.4, 0.5) is 0 Å². The van der Waals surface area contributed by atoms with Gasteiger partial charge in [0, 0.05) is 32.7 Å². The molecule has 2 atom stereocenters. The first-order valence-electron chi connectivity index (χ1n) is 6.92. The van der Waals surface area contributed by atoms with Gasteiger partial charge in [-0.3, -0.25) is 0 Å². The summed E-state index contributed by atoms with van der Waals surface area (Å²) in [5, 5.41) is 0. The third kappa shape index (κ3) is 3.38. The second-order valence-electron chi connectivity index (χ2n) is 5.52. The van der Waals surface area contributed by atoms with Crippen LogP contribution in [0.1, 0.15) is 18.9 Å². The summed E-state index contributed by atoms with van der Waals surface area (Å²) in [5.74, 6) is 0.259. The standard InChI is InChI=1S/C14H23N3O2S/c1-12(15)14-8-9-17(11-14)20(18,19)16(2)10-13-6-4-3-5-7-13/h3-7,12,14H,8-11,15H2,1-2H3. The van der Waals surface area contributed by atoms with E-state index >= 15 is 0 Å². The molecule has 1 fully saturated rings. The van der Waals surface area contributed by atoms with E-state index in [1.54, 1.807) is 11.4 Å². The second kappa shape index (κ2) is 6.22. The molecule has 1 aliphatic heterocycles. The van der Waals surface area contributed by atoms with Gasteiger partial charge in [0.2, 0.25) is 0 Å². The predicted molar refractivity (Wildman–Crippen MR) is 80.2 cm³/mol. The van der Waals surface area contributed by atoms with Crippen LogP contribution >= 0.6 is 0 Å². The molecule has 0 spiro atoms. The molecule has 2 unspecified atom stereocenters. The topological polar surface area (TPSA) is 66.6 Å². The van der Waals surface area contributed by atoms with Crippen LogP contribution in [0.25, 0.3) is 0 Å². The number of hydrogen-bond acceptors (Lipinski definition) is 3. The van der Waals surface area contributed by atoms with Crippen molar-refractivity contribution in [1.29, 1.82) is 0 Å². The largest absolute Gasteiger partial charge is 0.328 e. The zero-order chi connectivity index (χ0) is 14.8. The first kappa shape index (κ1) is 15.4. The second-order valence-corrected chi connectivity index (χ2v) is 7.55. The van der Waals surface area contributed by atoms with E-state index in [1.165, 1.54) is 4.31 Å². The Labute approximate surface area is 121 Å². The van der Waals surface area contributed by atoms with Gasteiger partial charge in [0.1, 0.15) is 0 Å². The lowest BCUT2D eigenvalue weighted by molar-refractivity contribution is 0.376. The molecule has 2 N–H and O–H groups in total. The van der Waals surface area contributed by atoms with Gasteiger partial charge in [-0.1, -0.05) is 30.3 Å². The third-order valence-corrected chi connectivity index (χ3v) is 5.80. The van der Waals surface area contributed by atoms with E-state index < -0.39 is 10.2 Å². The molecule has 5 nitrogen and oxygen atoms in total. The molecular formula is C14H23N3O2S. The first-order chi connectivity index (χ1) is 9.41. The number of benzene rings is 1. The van der Waals surface area contributed by atoms with E-state index in [0.717, 1.165) is 12.0 Å². The molecule has 112 valence electrons. The summed E-state index contributed by atoms with van der Waals surface area (Å²) in [6.07, 6.45) is 0.843. The summed E-state index contributed by atoms with van der Waals surface area (Å²) in [5.41, 5.74) is 6.86. The summed E-state index contributed by atoms with van der Waals surface area (Å²) in [6.45, 7) is 3.42. The minimum atomic E-state index is -3.39. The molecule has 1 aliphatic rings. The van der Waals surface area contributed by atoms with Crippen molar-refractivity contribution in [2.45, 2.75) is 25.9 Å². The Morgan fingerprint density at radius 1 is 1.40 bits per heavy atom. The van der Waals surface area contributed by atoms with Crippen LogP contribution in [0.5, 0.6) is 0 Å². The SMILES string of the molecule is CC(N)C1CCN(S(=O)(=O)N(C)Cc2ccccc2)C1. The van der Waals surface area contributed by atoms with Gasteiger partial charge in [-0.25, -0.2) is 0 Å². The van der Waals surface area contributed by atoms with Crippen molar-refractivity contribution in [2.75, 3.05) is 20.1 Å². The van der Waals surface area contributed by atoms with Crippen molar-refractivity contribution in [3.63, 3.8) is 0 Å². The van der Waals surface area contributed by atoms with E-state index in [2.05, 4.69) is 0 Å². The molecule has 1 aromatic rings. The molecule has 6 heteroatoms. The van der Waals surface area contributed by atoms with Crippen LogP contribution in [-0.4, -0.2) is 43.2 Å². The zero-order valence-electron chi connectivity index (χ0n) is 12.1. The summed E-state index contributed by atoms with van der Waals surface area (Å²) in [4.78, 5) is 0. The summed E-state index contributed by atoms with van der Waals surface area (Å²) in [6, 6.07) is 9.65. The highest BCUT2D eigenvalue weighted by molar-refractivity contribution is 7.86. The molecule has 0 amide bonds. The lowest BCUT2D eigenvalue weighted by Crippen LogP contribution is -2.41. The lowest BCUT2D eigenvalue weighted by atomic mass is 10.0. The van der Waals surface area contributed by atoms with Crippen molar-refractivity contribution in [3.8, 4) is 0 Å². The fraction of sp³-hybridized carbons (Fsp3) is 0.571. The van der Waals surface area contributed by atoms with Crippen LogP contribution in [0.15, 0.2) is 30.3 Å². The fourth-order valence-electron chi connectivity index (χ4n) is 2.51. The highest BCUT2D eigenvalue weighted by Gasteiger charge is 2.35. The molecule has 0 aliphatic carbocycles. The molecule has 1 heterocycles. The monoisotopic (exact) mass is 297 g/mol. The molecule has 20 heavy (non-hydrogen) atoms. The van der Waals surface area contributed by atoms with Crippen LogP contribution < -0.4 is 5.73 Å². The minimum Gasteiger partial charge on any atom is -0.328 e. The van der Waals surface area contributed by atoms with Crippen LogP contribution in [0.3, 0.4) is 0 Å². The lowest BCUT2D eigenvalue weighted by Gasteiger charge is -2.24. The molecular weight excluding hydrogens is 274 g/mol. The third-order valence-electron chi connectivity index (χ3n) is 3.90. The van der Waals surface area contributed by atoms with Gasteiger partial charge in [-0.15, -0.1) is 0 Å². The average Bonchev–Trinajstić information content (AvgIpc) is 2.90. The Kier molecular flexibility index (Phi) is 4.80. The Morgan fingerprint density at radius 3 is 2.60 bits per heavy atom. The Bertz CT molecular complexity index is 531. The van der Waals surface area contributed by atoms with Gasteiger partial charge in [0.15, 0.2) is 0 Å². The van der Waals surface area contributed by atoms with Gasteiger partial charge >= 0.3 is 0 Å². The van der Waals surface area contributed by atoms with Crippen molar-refractivity contribution in [3.05, 3.63) is 35.9 Å². The normalized spacial score (nSPS) is 22.3. The maximum absolute atomic E-state index is 12.5. The highest BCUT2D eigenvalue weighted by Crippen LogP contribution is 2.23. The molecule has 0 radical (unpaired) electrons. The smallest absolute Gasteiger partial charge is 0.282 e. The van der Waals surface area contributed by atoms with Crippen molar-refractivity contribution in [2.24, 2.45) is 11.7 Å². The van der Waals surface area contributed by atoms with Crippen molar-refractivity contribution >= 4 is 10.2 Å². The van der Waals surface area contributed by atoms with Crippen molar-refractivity contribution < 1.29 is 8.42 Å². The quantitative estimate of drug-likeness (QED) is 0.883. The van der Waals surface area contributed by atoms with Crippen molar-refractivity contribution in [1.82, 2.24) is 8.61 Å². The molecule has 0 saturated carbocycles. The number of nitrogens with zero attached hydrogens (tertiary/aromatic N) is 2. The minimum absolute atomic E-state index is 0.0367. The molecule has 0 bridgehead atoms. The summed E-state index contributed by atoms with van der Waals surface area (Å²) >= 11 is 0. The Morgan fingerprint density at radius 2 is 2.05 bits per heavy atom. The number of nitrogens with two attached hydrogens (primary N) is 1. The van der Waals surface area contributed by atoms with Crippen LogP contribution in [0, 0.1) is 5.92 Å². The van der Waals surface area contributed by atoms with Crippen LogP contribution in [-0.2, 0) is 16.8 Å². The summed E-state index contributed by atoms with van der Waals surface area (Å²) < 4.78 is 28.0.